The van der Waals surface area contributed by atoms with E-state index >= 15 is 0 Å². The molecule has 5 nitrogen and oxygen atoms in total. The van der Waals surface area contributed by atoms with E-state index in [1.165, 1.54) is 11.1 Å². The van der Waals surface area contributed by atoms with E-state index in [-0.39, 0.29) is 19.1 Å². The normalized spacial score (nSPS) is 12.9. The highest BCUT2D eigenvalue weighted by Gasteiger charge is 2.04. The van der Waals surface area contributed by atoms with Crippen LogP contribution in [0.25, 0.3) is 0 Å². The summed E-state index contributed by atoms with van der Waals surface area (Å²) in [4.78, 5) is 4.15. The van der Waals surface area contributed by atoms with E-state index in [2.05, 4.69) is 17.2 Å². The lowest BCUT2D eigenvalue weighted by Crippen LogP contribution is -2.26. The van der Waals surface area contributed by atoms with Gasteiger partial charge in [-0.3, -0.25) is 4.99 Å². The maximum Gasteiger partial charge on any atom is 0.193 e. The summed E-state index contributed by atoms with van der Waals surface area (Å²) in [5.41, 5.74) is 10.2. The van der Waals surface area contributed by atoms with Gasteiger partial charge in [0.2, 0.25) is 0 Å². The molecule has 0 aliphatic rings. The lowest BCUT2D eigenvalue weighted by molar-refractivity contribution is 0.0331. The Hall–Kier alpha value is -2.37. The number of benzene rings is 2. The third-order valence-electron chi connectivity index (χ3n) is 3.67. The summed E-state index contributed by atoms with van der Waals surface area (Å²) >= 11 is 0. The zero-order valence-corrected chi connectivity index (χ0v) is 14.2. The highest BCUT2D eigenvalue weighted by Crippen LogP contribution is 2.13. The Bertz CT molecular complexity index is 672. The van der Waals surface area contributed by atoms with Crippen LogP contribution in [0.15, 0.2) is 53.5 Å². The van der Waals surface area contributed by atoms with Crippen molar-refractivity contribution >= 4 is 11.6 Å². The van der Waals surface area contributed by atoms with Crippen LogP contribution in [0.4, 0.5) is 5.69 Å². The predicted molar refractivity (Wildman–Crippen MR) is 98.1 cm³/mol. The van der Waals surface area contributed by atoms with Gasteiger partial charge in [0.15, 0.2) is 5.96 Å². The zero-order valence-electron chi connectivity index (χ0n) is 14.2. The summed E-state index contributed by atoms with van der Waals surface area (Å²) in [5, 5.41) is 12.9. The quantitative estimate of drug-likeness (QED) is 0.539. The maximum absolute atomic E-state index is 9.91. The molecule has 1 unspecified atom stereocenters. The van der Waals surface area contributed by atoms with Gasteiger partial charge in [-0.1, -0.05) is 36.4 Å². The van der Waals surface area contributed by atoms with E-state index in [1.54, 1.807) is 0 Å². The van der Waals surface area contributed by atoms with E-state index in [1.807, 2.05) is 55.5 Å². The van der Waals surface area contributed by atoms with Gasteiger partial charge in [0, 0.05) is 5.69 Å². The van der Waals surface area contributed by atoms with Gasteiger partial charge in [0.05, 0.1) is 25.9 Å². The van der Waals surface area contributed by atoms with Crippen LogP contribution < -0.4 is 11.1 Å². The van der Waals surface area contributed by atoms with Gasteiger partial charge in [0.1, 0.15) is 0 Å². The molecule has 0 radical (unpaired) electrons. The molecule has 128 valence electrons. The van der Waals surface area contributed by atoms with Gasteiger partial charge in [-0.2, -0.15) is 0 Å². The fourth-order valence-electron chi connectivity index (χ4n) is 2.15. The number of aryl methyl sites for hydroxylation is 2. The third-order valence-corrected chi connectivity index (χ3v) is 3.67. The van der Waals surface area contributed by atoms with Crippen LogP contribution in [-0.4, -0.2) is 30.3 Å². The number of hydrogen-bond donors (Lipinski definition) is 3. The van der Waals surface area contributed by atoms with Crippen LogP contribution in [0.3, 0.4) is 0 Å². The highest BCUT2D eigenvalue weighted by molar-refractivity contribution is 5.92. The first kappa shape index (κ1) is 18.0. The van der Waals surface area contributed by atoms with Crippen molar-refractivity contribution < 1.29 is 9.84 Å². The lowest BCUT2D eigenvalue weighted by atomic mass is 10.1. The van der Waals surface area contributed by atoms with Crippen molar-refractivity contribution in [1.29, 1.82) is 0 Å². The Morgan fingerprint density at radius 2 is 1.92 bits per heavy atom. The van der Waals surface area contributed by atoms with Crippen molar-refractivity contribution in [3.8, 4) is 0 Å². The number of rotatable bonds is 7. The summed E-state index contributed by atoms with van der Waals surface area (Å²) in [6.07, 6.45) is -0.686. The van der Waals surface area contributed by atoms with Crippen LogP contribution in [0.5, 0.6) is 0 Å². The fraction of sp³-hybridized carbons (Fsp3) is 0.316. The fourth-order valence-corrected chi connectivity index (χ4v) is 2.15. The minimum Gasteiger partial charge on any atom is -0.389 e. The molecule has 0 heterocycles. The van der Waals surface area contributed by atoms with Gasteiger partial charge in [0.25, 0.3) is 0 Å². The molecule has 0 saturated heterocycles. The Morgan fingerprint density at radius 3 is 2.62 bits per heavy atom. The molecule has 0 aromatic heterocycles. The maximum atomic E-state index is 9.91. The number of ether oxygens (including phenoxy) is 1. The summed E-state index contributed by atoms with van der Waals surface area (Å²) in [5.74, 6) is 0.278. The number of anilines is 1. The molecule has 24 heavy (non-hydrogen) atoms. The number of nitrogens with two attached hydrogens (primary N) is 1. The topological polar surface area (TPSA) is 79.9 Å². The van der Waals surface area contributed by atoms with Crippen molar-refractivity contribution in [3.05, 3.63) is 65.2 Å². The second-order valence-corrected chi connectivity index (χ2v) is 5.80. The highest BCUT2D eigenvalue weighted by atomic mass is 16.5. The predicted octanol–water partition coefficient (Wildman–Crippen LogP) is 2.61. The summed E-state index contributed by atoms with van der Waals surface area (Å²) in [6.45, 7) is 4.98. The van der Waals surface area contributed by atoms with Crippen LogP contribution >= 0.6 is 0 Å². The van der Waals surface area contributed by atoms with Crippen LogP contribution in [-0.2, 0) is 11.3 Å². The van der Waals surface area contributed by atoms with E-state index in [9.17, 15) is 5.11 Å². The number of nitrogens with zero attached hydrogens (tertiary/aromatic N) is 1. The first-order chi connectivity index (χ1) is 11.5. The molecule has 0 amide bonds. The van der Waals surface area contributed by atoms with Crippen LogP contribution in [0, 0.1) is 13.8 Å². The minimum atomic E-state index is -0.686. The Morgan fingerprint density at radius 1 is 1.17 bits per heavy atom. The van der Waals surface area contributed by atoms with Gasteiger partial charge in [-0.25, -0.2) is 0 Å². The third kappa shape index (κ3) is 6.02. The van der Waals surface area contributed by atoms with Crippen molar-refractivity contribution in [3.63, 3.8) is 0 Å². The number of aliphatic hydroxyl groups is 1. The SMILES string of the molecule is Cc1ccc(NC(N)=NCC(O)COCc2ccccc2)cc1C. The van der Waals surface area contributed by atoms with Gasteiger partial charge in [-0.15, -0.1) is 0 Å². The van der Waals surface area contributed by atoms with Gasteiger partial charge >= 0.3 is 0 Å². The molecule has 0 aliphatic heterocycles. The second kappa shape index (κ2) is 9.05. The molecular formula is C19H25N3O2. The van der Waals surface area contributed by atoms with Crippen molar-refractivity contribution in [2.75, 3.05) is 18.5 Å². The summed E-state index contributed by atoms with van der Waals surface area (Å²) in [7, 11) is 0. The van der Waals surface area contributed by atoms with E-state index < -0.39 is 6.10 Å². The molecule has 1 atom stereocenters. The van der Waals surface area contributed by atoms with Crippen molar-refractivity contribution in [2.24, 2.45) is 10.7 Å². The largest absolute Gasteiger partial charge is 0.389 e. The number of aliphatic imine (C=N–C) groups is 1. The Kier molecular flexibility index (Phi) is 6.78. The Labute approximate surface area is 143 Å². The van der Waals surface area contributed by atoms with E-state index in [4.69, 9.17) is 10.5 Å². The first-order valence-corrected chi connectivity index (χ1v) is 7.98. The summed E-state index contributed by atoms with van der Waals surface area (Å²) < 4.78 is 5.48. The van der Waals surface area contributed by atoms with Crippen LogP contribution in [0.1, 0.15) is 16.7 Å². The summed E-state index contributed by atoms with van der Waals surface area (Å²) in [6, 6.07) is 15.8. The average Bonchev–Trinajstić information content (AvgIpc) is 2.57. The van der Waals surface area contributed by atoms with Gasteiger partial charge in [-0.05, 0) is 42.7 Å². The second-order valence-electron chi connectivity index (χ2n) is 5.80. The zero-order chi connectivity index (χ0) is 17.4. The van der Waals surface area contributed by atoms with Crippen molar-refractivity contribution in [2.45, 2.75) is 26.6 Å². The molecule has 2 rings (SSSR count). The van der Waals surface area contributed by atoms with Crippen molar-refractivity contribution in [1.82, 2.24) is 0 Å². The average molecular weight is 327 g/mol. The molecule has 2 aromatic rings. The van der Waals surface area contributed by atoms with E-state index in [0.29, 0.717) is 6.61 Å². The number of aliphatic hydroxyl groups excluding tert-OH is 1. The molecule has 0 spiro atoms. The number of nitrogens with one attached hydrogen (secondary N) is 1. The first-order valence-electron chi connectivity index (χ1n) is 7.98. The van der Waals surface area contributed by atoms with Gasteiger partial charge < -0.3 is 20.9 Å². The van der Waals surface area contributed by atoms with E-state index in [0.717, 1.165) is 11.3 Å². The molecule has 0 fully saturated rings. The molecule has 0 aliphatic carbocycles. The molecular weight excluding hydrogens is 302 g/mol. The molecule has 0 bridgehead atoms. The molecule has 5 heteroatoms. The monoisotopic (exact) mass is 327 g/mol. The standard InChI is InChI=1S/C19H25N3O2/c1-14-8-9-17(10-15(14)2)22-19(20)21-11-18(23)13-24-12-16-6-4-3-5-7-16/h3-10,18,23H,11-13H2,1-2H3,(H3,20,21,22). The molecule has 0 saturated carbocycles. The lowest BCUT2D eigenvalue weighted by Gasteiger charge is -2.11. The molecule has 4 N–H and O–H groups in total. The molecule has 2 aromatic carbocycles. The number of hydrogen-bond acceptors (Lipinski definition) is 3. The minimum absolute atomic E-state index is 0.193. The smallest absolute Gasteiger partial charge is 0.193 e. The Balaban J connectivity index is 1.73. The number of guanidine groups is 1. The van der Waals surface area contributed by atoms with Crippen LogP contribution in [0.2, 0.25) is 0 Å².